The third-order valence-electron chi connectivity index (χ3n) is 6.53. The predicted molar refractivity (Wildman–Crippen MR) is 144 cm³/mol. The number of aryl methyl sites for hydroxylation is 2. The summed E-state index contributed by atoms with van der Waals surface area (Å²) >= 11 is 0. The number of rotatable bonds is 5. The van der Waals surface area contributed by atoms with Gasteiger partial charge in [0.15, 0.2) is 0 Å². The zero-order valence-electron chi connectivity index (χ0n) is 20.3. The van der Waals surface area contributed by atoms with Gasteiger partial charge in [0.05, 0.1) is 18.2 Å². The van der Waals surface area contributed by atoms with Crippen molar-refractivity contribution in [2.75, 3.05) is 12.4 Å². The molecule has 0 saturated carbocycles. The van der Waals surface area contributed by atoms with Crippen LogP contribution in [0.15, 0.2) is 79.0 Å². The van der Waals surface area contributed by atoms with E-state index in [9.17, 15) is 9.59 Å². The number of nitrogens with one attached hydrogen (secondary N) is 1. The number of carbonyl (C=O) groups is 2. The summed E-state index contributed by atoms with van der Waals surface area (Å²) in [6.45, 7) is 4.07. The Kier molecular flexibility index (Phi) is 5.86. The molecule has 0 aliphatic rings. The van der Waals surface area contributed by atoms with E-state index in [1.54, 1.807) is 18.3 Å². The maximum absolute atomic E-state index is 13.1. The molecule has 3 N–H and O–H groups in total. The number of nitrogens with zero attached hydrogens (tertiary/aromatic N) is 1. The van der Waals surface area contributed by atoms with Crippen LogP contribution < -0.4 is 15.8 Å². The van der Waals surface area contributed by atoms with Crippen molar-refractivity contribution in [1.82, 2.24) is 4.98 Å². The van der Waals surface area contributed by atoms with Gasteiger partial charge in [-0.2, -0.15) is 0 Å². The van der Waals surface area contributed by atoms with Crippen molar-refractivity contribution in [2.24, 2.45) is 5.73 Å². The van der Waals surface area contributed by atoms with Crippen molar-refractivity contribution < 1.29 is 14.3 Å². The van der Waals surface area contributed by atoms with E-state index in [0.717, 1.165) is 38.5 Å². The van der Waals surface area contributed by atoms with Crippen LogP contribution in [0, 0.1) is 13.8 Å². The number of pyridine rings is 1. The van der Waals surface area contributed by atoms with Crippen LogP contribution in [0.5, 0.6) is 5.75 Å². The summed E-state index contributed by atoms with van der Waals surface area (Å²) in [6, 6.07) is 22.9. The molecule has 0 atom stereocenters. The summed E-state index contributed by atoms with van der Waals surface area (Å²) in [4.78, 5) is 29.6. The molecule has 0 aliphatic carbocycles. The lowest BCUT2D eigenvalue weighted by Crippen LogP contribution is -2.12. The Morgan fingerprint density at radius 1 is 0.861 bits per heavy atom. The summed E-state index contributed by atoms with van der Waals surface area (Å²) in [5.41, 5.74) is 12.1. The van der Waals surface area contributed by atoms with Gasteiger partial charge in [0.1, 0.15) is 5.75 Å². The van der Waals surface area contributed by atoms with Gasteiger partial charge in [-0.25, -0.2) is 0 Å². The number of hydrogen-bond donors (Lipinski definition) is 2. The van der Waals surface area contributed by atoms with E-state index in [1.165, 1.54) is 12.7 Å². The topological polar surface area (TPSA) is 94.3 Å². The summed E-state index contributed by atoms with van der Waals surface area (Å²) < 4.78 is 5.33. The molecule has 0 radical (unpaired) electrons. The third-order valence-corrected chi connectivity index (χ3v) is 6.53. The number of primary amides is 1. The number of methoxy groups -OCH3 is 1. The standard InChI is InChI=1S/C30H25N3O3/c1-17-7-9-21(13-18(17)2)33-30(35)24-6-4-5-19-14-20(8-10-22(19)24)23-11-12-32-27-16-28(36-3)26(29(31)34)15-25(23)27/h4-16H,1-3H3,(H2,31,34)(H,33,35). The SMILES string of the molecule is COc1cc2nccc(-c3ccc4c(C(=O)Nc5ccc(C)c(C)c5)cccc4c3)c2cc1C(N)=O. The van der Waals surface area contributed by atoms with Gasteiger partial charge in [-0.05, 0) is 83.3 Å². The van der Waals surface area contributed by atoms with E-state index in [0.29, 0.717) is 22.4 Å². The van der Waals surface area contributed by atoms with Crippen LogP contribution >= 0.6 is 0 Å². The summed E-state index contributed by atoms with van der Waals surface area (Å²) in [6.07, 6.45) is 1.72. The van der Waals surface area contributed by atoms with Gasteiger partial charge in [0.25, 0.3) is 11.8 Å². The fourth-order valence-corrected chi connectivity index (χ4v) is 4.45. The molecule has 0 saturated heterocycles. The number of amides is 2. The van der Waals surface area contributed by atoms with Crippen molar-refractivity contribution in [2.45, 2.75) is 13.8 Å². The van der Waals surface area contributed by atoms with Crippen molar-refractivity contribution in [1.29, 1.82) is 0 Å². The molecular weight excluding hydrogens is 450 g/mol. The van der Waals surface area contributed by atoms with Gasteiger partial charge in [-0.1, -0.05) is 30.3 Å². The van der Waals surface area contributed by atoms with E-state index in [-0.39, 0.29) is 5.91 Å². The Bertz CT molecular complexity index is 1670. The molecule has 0 unspecified atom stereocenters. The second kappa shape index (κ2) is 9.15. The van der Waals surface area contributed by atoms with Crippen molar-refractivity contribution in [3.63, 3.8) is 0 Å². The number of benzene rings is 4. The summed E-state index contributed by atoms with van der Waals surface area (Å²) in [5, 5.41) is 5.57. The third kappa shape index (κ3) is 4.14. The smallest absolute Gasteiger partial charge is 0.256 e. The van der Waals surface area contributed by atoms with E-state index < -0.39 is 5.91 Å². The number of anilines is 1. The first-order chi connectivity index (χ1) is 17.4. The average Bonchev–Trinajstić information content (AvgIpc) is 2.88. The van der Waals surface area contributed by atoms with Crippen LogP contribution in [0.4, 0.5) is 5.69 Å². The molecule has 36 heavy (non-hydrogen) atoms. The zero-order chi connectivity index (χ0) is 25.4. The van der Waals surface area contributed by atoms with Crippen molar-refractivity contribution in [3.05, 3.63) is 101 Å². The molecule has 178 valence electrons. The average molecular weight is 476 g/mol. The molecule has 5 rings (SSSR count). The predicted octanol–water partition coefficient (Wildman–Crippen LogP) is 6.03. The second-order valence-electron chi connectivity index (χ2n) is 8.79. The van der Waals surface area contributed by atoms with Gasteiger partial charge in [-0.15, -0.1) is 0 Å². The quantitative estimate of drug-likeness (QED) is 0.324. The highest BCUT2D eigenvalue weighted by Gasteiger charge is 2.16. The number of carbonyl (C=O) groups excluding carboxylic acids is 2. The van der Waals surface area contributed by atoms with E-state index in [1.807, 2.05) is 74.5 Å². The lowest BCUT2D eigenvalue weighted by Gasteiger charge is -2.13. The highest BCUT2D eigenvalue weighted by atomic mass is 16.5. The lowest BCUT2D eigenvalue weighted by atomic mass is 9.95. The first-order valence-corrected chi connectivity index (χ1v) is 11.5. The molecule has 0 fully saturated rings. The number of nitrogens with two attached hydrogens (primary N) is 1. The Morgan fingerprint density at radius 3 is 2.44 bits per heavy atom. The molecule has 1 heterocycles. The molecule has 0 spiro atoms. The monoisotopic (exact) mass is 475 g/mol. The van der Waals surface area contributed by atoms with Gasteiger partial charge in [0.2, 0.25) is 0 Å². The molecular formula is C30H25N3O3. The second-order valence-corrected chi connectivity index (χ2v) is 8.79. The van der Waals surface area contributed by atoms with Crippen LogP contribution in [0.3, 0.4) is 0 Å². The fraction of sp³-hybridized carbons (Fsp3) is 0.100. The molecule has 0 aliphatic heterocycles. The molecule has 6 heteroatoms. The van der Waals surface area contributed by atoms with Crippen LogP contribution in [-0.4, -0.2) is 23.9 Å². The lowest BCUT2D eigenvalue weighted by molar-refractivity contribution is 0.0995. The highest BCUT2D eigenvalue weighted by Crippen LogP contribution is 2.34. The largest absolute Gasteiger partial charge is 0.496 e. The molecule has 1 aromatic heterocycles. The highest BCUT2D eigenvalue weighted by molar-refractivity contribution is 6.13. The number of fused-ring (bicyclic) bond motifs is 2. The summed E-state index contributed by atoms with van der Waals surface area (Å²) in [7, 11) is 1.49. The molecule has 5 aromatic rings. The van der Waals surface area contributed by atoms with Crippen molar-refractivity contribution >= 4 is 39.2 Å². The van der Waals surface area contributed by atoms with Gasteiger partial charge in [0, 0.05) is 28.9 Å². The summed E-state index contributed by atoms with van der Waals surface area (Å²) in [5.74, 6) is -0.344. The van der Waals surface area contributed by atoms with Crippen LogP contribution in [0.25, 0.3) is 32.8 Å². The van der Waals surface area contributed by atoms with E-state index in [2.05, 4.69) is 10.3 Å². The first kappa shape index (κ1) is 23.1. The Morgan fingerprint density at radius 2 is 1.69 bits per heavy atom. The van der Waals surface area contributed by atoms with Crippen LogP contribution in [0.1, 0.15) is 31.8 Å². The molecule has 2 amide bonds. The molecule has 4 aromatic carbocycles. The first-order valence-electron chi connectivity index (χ1n) is 11.5. The number of aromatic nitrogens is 1. The van der Waals surface area contributed by atoms with Gasteiger partial charge >= 0.3 is 0 Å². The van der Waals surface area contributed by atoms with E-state index in [4.69, 9.17) is 10.5 Å². The maximum atomic E-state index is 13.1. The minimum absolute atomic E-state index is 0.163. The molecule has 6 nitrogen and oxygen atoms in total. The normalized spacial score (nSPS) is 11.0. The van der Waals surface area contributed by atoms with Crippen molar-refractivity contribution in [3.8, 4) is 16.9 Å². The minimum atomic E-state index is -0.568. The Balaban J connectivity index is 1.57. The number of ether oxygens (including phenoxy) is 1. The van der Waals surface area contributed by atoms with E-state index >= 15 is 0 Å². The number of hydrogen-bond acceptors (Lipinski definition) is 4. The maximum Gasteiger partial charge on any atom is 0.256 e. The van der Waals surface area contributed by atoms with Gasteiger partial charge < -0.3 is 15.8 Å². The van der Waals surface area contributed by atoms with Crippen LogP contribution in [-0.2, 0) is 0 Å². The Hall–Kier alpha value is -4.71. The Labute approximate surface area is 208 Å². The van der Waals surface area contributed by atoms with Crippen LogP contribution in [0.2, 0.25) is 0 Å². The zero-order valence-corrected chi connectivity index (χ0v) is 20.3. The molecule has 0 bridgehead atoms. The minimum Gasteiger partial charge on any atom is -0.496 e. The van der Waals surface area contributed by atoms with Gasteiger partial charge in [-0.3, -0.25) is 14.6 Å². The fourth-order valence-electron chi connectivity index (χ4n) is 4.45.